The summed E-state index contributed by atoms with van der Waals surface area (Å²) in [7, 11) is 0. The minimum atomic E-state index is -0.195. The van der Waals surface area contributed by atoms with Gasteiger partial charge < -0.3 is 10.3 Å². The Morgan fingerprint density at radius 3 is 2.86 bits per heavy atom. The Balaban J connectivity index is 1.92. The molecular formula is C13H19N5O2S. The van der Waals surface area contributed by atoms with Crippen molar-refractivity contribution in [1.29, 1.82) is 0 Å². The van der Waals surface area contributed by atoms with Gasteiger partial charge in [-0.25, -0.2) is 9.89 Å². The maximum absolute atomic E-state index is 11.6. The van der Waals surface area contributed by atoms with Crippen LogP contribution in [0.2, 0.25) is 0 Å². The SMILES string of the molecule is CC(C)n1c(SCCCn2cc(N)ccc2=O)n[nH]c1=O. The Morgan fingerprint density at radius 1 is 1.38 bits per heavy atom. The van der Waals surface area contributed by atoms with Gasteiger partial charge in [0, 0.05) is 36.3 Å². The summed E-state index contributed by atoms with van der Waals surface area (Å²) in [6, 6.07) is 3.13. The lowest BCUT2D eigenvalue weighted by molar-refractivity contribution is 0.533. The zero-order valence-electron chi connectivity index (χ0n) is 12.1. The molecule has 0 unspecified atom stereocenters. The summed E-state index contributed by atoms with van der Waals surface area (Å²) < 4.78 is 3.22. The molecule has 0 aliphatic rings. The van der Waals surface area contributed by atoms with Gasteiger partial charge in [-0.2, -0.15) is 0 Å². The van der Waals surface area contributed by atoms with E-state index in [2.05, 4.69) is 10.2 Å². The first-order valence-electron chi connectivity index (χ1n) is 6.74. The van der Waals surface area contributed by atoms with Crippen molar-refractivity contribution in [1.82, 2.24) is 19.3 Å². The Hall–Kier alpha value is -1.96. The zero-order valence-corrected chi connectivity index (χ0v) is 12.9. The fraction of sp³-hybridized carbons (Fsp3) is 0.462. The molecule has 2 heterocycles. The normalized spacial score (nSPS) is 11.2. The quantitative estimate of drug-likeness (QED) is 0.614. The van der Waals surface area contributed by atoms with E-state index >= 15 is 0 Å². The van der Waals surface area contributed by atoms with Gasteiger partial charge in [-0.3, -0.25) is 9.36 Å². The van der Waals surface area contributed by atoms with Crippen LogP contribution in [-0.2, 0) is 6.54 Å². The molecule has 0 radical (unpaired) electrons. The lowest BCUT2D eigenvalue weighted by atomic mass is 10.4. The van der Waals surface area contributed by atoms with Gasteiger partial charge in [0.25, 0.3) is 5.56 Å². The van der Waals surface area contributed by atoms with Gasteiger partial charge >= 0.3 is 5.69 Å². The number of thioether (sulfide) groups is 1. The first-order chi connectivity index (χ1) is 9.99. The van der Waals surface area contributed by atoms with E-state index in [1.165, 1.54) is 17.8 Å². The van der Waals surface area contributed by atoms with Crippen molar-refractivity contribution >= 4 is 17.4 Å². The van der Waals surface area contributed by atoms with Gasteiger partial charge in [-0.1, -0.05) is 11.8 Å². The van der Waals surface area contributed by atoms with Crippen LogP contribution in [0.4, 0.5) is 5.69 Å². The third-order valence-electron chi connectivity index (χ3n) is 2.97. The fourth-order valence-electron chi connectivity index (χ4n) is 1.97. The molecule has 0 aromatic carbocycles. The maximum Gasteiger partial charge on any atom is 0.344 e. The Labute approximate surface area is 126 Å². The van der Waals surface area contributed by atoms with Gasteiger partial charge in [-0.15, -0.1) is 5.10 Å². The topological polar surface area (TPSA) is 98.7 Å². The molecule has 2 aromatic heterocycles. The smallest absolute Gasteiger partial charge is 0.344 e. The molecule has 2 aromatic rings. The second-order valence-electron chi connectivity index (χ2n) is 4.97. The third-order valence-corrected chi connectivity index (χ3v) is 4.01. The number of hydrogen-bond acceptors (Lipinski definition) is 5. The molecule has 2 rings (SSSR count). The molecule has 114 valence electrons. The van der Waals surface area contributed by atoms with E-state index in [4.69, 9.17) is 5.73 Å². The first-order valence-corrected chi connectivity index (χ1v) is 7.73. The van der Waals surface area contributed by atoms with E-state index in [0.29, 0.717) is 17.4 Å². The molecule has 0 amide bonds. The predicted molar refractivity (Wildman–Crippen MR) is 83.7 cm³/mol. The van der Waals surface area contributed by atoms with Crippen molar-refractivity contribution in [3.63, 3.8) is 0 Å². The molecule has 7 nitrogen and oxygen atoms in total. The van der Waals surface area contributed by atoms with Crippen LogP contribution in [0.25, 0.3) is 0 Å². The summed E-state index contributed by atoms with van der Waals surface area (Å²) in [5.41, 5.74) is 5.98. The van der Waals surface area contributed by atoms with Crippen molar-refractivity contribution in [3.05, 3.63) is 39.2 Å². The molecule has 0 aliphatic carbocycles. The minimum absolute atomic E-state index is 0.0620. The van der Waals surface area contributed by atoms with Gasteiger partial charge in [0.15, 0.2) is 5.16 Å². The molecule has 8 heteroatoms. The highest BCUT2D eigenvalue weighted by molar-refractivity contribution is 7.99. The Kier molecular flexibility index (Phi) is 4.89. The largest absolute Gasteiger partial charge is 0.398 e. The number of aromatic nitrogens is 4. The van der Waals surface area contributed by atoms with Crippen molar-refractivity contribution in [2.45, 2.75) is 38.0 Å². The van der Waals surface area contributed by atoms with Gasteiger partial charge in [-0.05, 0) is 26.3 Å². The summed E-state index contributed by atoms with van der Waals surface area (Å²) >= 11 is 1.50. The number of nitrogens with one attached hydrogen (secondary N) is 1. The van der Waals surface area contributed by atoms with Crippen molar-refractivity contribution in [2.24, 2.45) is 0 Å². The predicted octanol–water partition coefficient (Wildman–Crippen LogP) is 1.08. The Morgan fingerprint density at radius 2 is 2.14 bits per heavy atom. The van der Waals surface area contributed by atoms with Crippen LogP contribution in [-0.4, -0.2) is 25.1 Å². The van der Waals surface area contributed by atoms with Gasteiger partial charge in [0.2, 0.25) is 0 Å². The number of rotatable bonds is 6. The molecule has 0 bridgehead atoms. The highest BCUT2D eigenvalue weighted by Gasteiger charge is 2.11. The van der Waals surface area contributed by atoms with E-state index in [1.807, 2.05) is 13.8 Å². The molecular weight excluding hydrogens is 290 g/mol. The average Bonchev–Trinajstić information content (AvgIpc) is 2.79. The maximum atomic E-state index is 11.6. The average molecular weight is 309 g/mol. The number of nitrogens with two attached hydrogens (primary N) is 1. The van der Waals surface area contributed by atoms with Crippen molar-refractivity contribution in [2.75, 3.05) is 11.5 Å². The van der Waals surface area contributed by atoms with E-state index in [9.17, 15) is 9.59 Å². The standard InChI is InChI=1S/C13H19N5O2S/c1-9(2)18-12(20)15-16-13(18)21-7-3-6-17-8-10(14)4-5-11(17)19/h4-5,8-9H,3,6-7,14H2,1-2H3,(H,15,20). The van der Waals surface area contributed by atoms with Crippen LogP contribution in [0.15, 0.2) is 33.1 Å². The van der Waals surface area contributed by atoms with Crippen LogP contribution in [0.3, 0.4) is 0 Å². The van der Waals surface area contributed by atoms with E-state index < -0.39 is 0 Å². The zero-order chi connectivity index (χ0) is 15.4. The number of aromatic amines is 1. The van der Waals surface area contributed by atoms with Crippen molar-refractivity contribution in [3.8, 4) is 0 Å². The summed E-state index contributed by atoms with van der Waals surface area (Å²) in [6.45, 7) is 4.47. The van der Waals surface area contributed by atoms with E-state index in [0.717, 1.165) is 12.2 Å². The summed E-state index contributed by atoms with van der Waals surface area (Å²) in [5, 5.41) is 7.15. The highest BCUT2D eigenvalue weighted by Crippen LogP contribution is 2.17. The van der Waals surface area contributed by atoms with Crippen LogP contribution >= 0.6 is 11.8 Å². The number of pyridine rings is 1. The van der Waals surface area contributed by atoms with Crippen LogP contribution < -0.4 is 17.0 Å². The molecule has 0 aliphatic heterocycles. The summed E-state index contributed by atoms with van der Waals surface area (Å²) in [4.78, 5) is 23.2. The lowest BCUT2D eigenvalue weighted by Crippen LogP contribution is -2.20. The second-order valence-corrected chi connectivity index (χ2v) is 6.03. The second kappa shape index (κ2) is 6.66. The fourth-order valence-corrected chi connectivity index (χ4v) is 2.97. The first kappa shape index (κ1) is 15.4. The molecule has 0 fully saturated rings. The van der Waals surface area contributed by atoms with E-state index in [-0.39, 0.29) is 17.3 Å². The minimum Gasteiger partial charge on any atom is -0.398 e. The molecule has 0 spiro atoms. The van der Waals surface area contributed by atoms with Crippen LogP contribution in [0, 0.1) is 0 Å². The Bertz CT molecular complexity index is 716. The number of nitrogen functional groups attached to an aromatic ring is 1. The summed E-state index contributed by atoms with van der Waals surface area (Å²) in [5.74, 6) is 0.762. The van der Waals surface area contributed by atoms with Crippen LogP contribution in [0.1, 0.15) is 26.3 Å². The molecule has 0 saturated carbocycles. The highest BCUT2D eigenvalue weighted by atomic mass is 32.2. The molecule has 3 N–H and O–H groups in total. The van der Waals surface area contributed by atoms with Gasteiger partial charge in [0.1, 0.15) is 0 Å². The van der Waals surface area contributed by atoms with E-state index in [1.54, 1.807) is 21.4 Å². The number of aryl methyl sites for hydroxylation is 1. The number of hydrogen-bond donors (Lipinski definition) is 2. The molecule has 21 heavy (non-hydrogen) atoms. The number of anilines is 1. The molecule has 0 atom stereocenters. The monoisotopic (exact) mass is 309 g/mol. The third kappa shape index (κ3) is 3.78. The lowest BCUT2D eigenvalue weighted by Gasteiger charge is -2.09. The number of nitrogens with zero attached hydrogens (tertiary/aromatic N) is 3. The summed E-state index contributed by atoms with van der Waals surface area (Å²) in [6.07, 6.45) is 2.43. The van der Waals surface area contributed by atoms with Gasteiger partial charge in [0.05, 0.1) is 0 Å². The van der Waals surface area contributed by atoms with Crippen LogP contribution in [0.5, 0.6) is 0 Å². The van der Waals surface area contributed by atoms with Crippen molar-refractivity contribution < 1.29 is 0 Å². The molecule has 0 saturated heterocycles. The number of H-pyrrole nitrogens is 1.